The molecule has 3 heterocycles. The topological polar surface area (TPSA) is 94.3 Å². The highest BCUT2D eigenvalue weighted by atomic mass is 32.1. The summed E-state index contributed by atoms with van der Waals surface area (Å²) in [6.07, 6.45) is 0. The quantitative estimate of drug-likeness (QED) is 0.710. The lowest BCUT2D eigenvalue weighted by atomic mass is 10.3. The molecule has 0 saturated carbocycles. The van der Waals surface area contributed by atoms with E-state index in [1.807, 2.05) is 17.5 Å². The maximum Gasteiger partial charge on any atom is 0.362 e. The van der Waals surface area contributed by atoms with E-state index in [1.54, 1.807) is 19.1 Å². The second kappa shape index (κ2) is 6.71. The number of rotatable bonds is 5. The smallest absolute Gasteiger partial charge is 0.362 e. The van der Waals surface area contributed by atoms with Crippen LogP contribution in [0, 0.1) is 0 Å². The second-order valence-electron chi connectivity index (χ2n) is 4.27. The van der Waals surface area contributed by atoms with E-state index in [2.05, 4.69) is 14.9 Å². The van der Waals surface area contributed by atoms with Gasteiger partial charge in [0.15, 0.2) is 10.8 Å². The zero-order valence-corrected chi connectivity index (χ0v) is 13.6. The number of nitrogens with zero attached hydrogens (tertiary/aromatic N) is 2. The number of hydrogen-bond donors (Lipinski definition) is 1. The normalized spacial score (nSPS) is 10.5. The van der Waals surface area contributed by atoms with Crippen molar-refractivity contribution >= 4 is 39.7 Å². The summed E-state index contributed by atoms with van der Waals surface area (Å²) in [5.74, 6) is -0.366. The predicted octanol–water partition coefficient (Wildman–Crippen LogP) is 3.29. The number of nitrogens with one attached hydrogen (secondary N) is 1. The third-order valence-corrected chi connectivity index (χ3v) is 4.30. The van der Waals surface area contributed by atoms with Gasteiger partial charge in [0, 0.05) is 11.5 Å². The van der Waals surface area contributed by atoms with Crippen LogP contribution >= 0.6 is 22.9 Å². The van der Waals surface area contributed by atoms with E-state index in [0.29, 0.717) is 5.76 Å². The van der Waals surface area contributed by atoms with Gasteiger partial charge in [-0.2, -0.15) is 0 Å². The lowest BCUT2D eigenvalue weighted by Gasteiger charge is -2.02. The van der Waals surface area contributed by atoms with Crippen LogP contribution in [0.4, 0.5) is 5.00 Å². The molecule has 23 heavy (non-hydrogen) atoms. The van der Waals surface area contributed by atoms with Gasteiger partial charge in [0.05, 0.1) is 11.5 Å². The summed E-state index contributed by atoms with van der Waals surface area (Å²) < 4.78 is 14.1. The van der Waals surface area contributed by atoms with E-state index in [9.17, 15) is 9.59 Å². The Labute approximate surface area is 139 Å². The molecule has 0 unspecified atom stereocenters. The average Bonchev–Trinajstić information content (AvgIpc) is 3.28. The van der Waals surface area contributed by atoms with Gasteiger partial charge < -0.3 is 14.5 Å². The van der Waals surface area contributed by atoms with E-state index < -0.39 is 11.9 Å². The van der Waals surface area contributed by atoms with Crippen molar-refractivity contribution in [3.8, 4) is 10.6 Å². The number of anilines is 1. The average molecular weight is 349 g/mol. The Hall–Kier alpha value is -2.52. The summed E-state index contributed by atoms with van der Waals surface area (Å²) in [6.45, 7) is 1.90. The summed E-state index contributed by atoms with van der Waals surface area (Å²) in [5.41, 5.74) is -0.0183. The van der Waals surface area contributed by atoms with Crippen LogP contribution in [0.5, 0.6) is 0 Å². The fourth-order valence-corrected chi connectivity index (χ4v) is 3.02. The number of furan rings is 1. The molecule has 0 aromatic carbocycles. The molecule has 118 valence electrons. The lowest BCUT2D eigenvalue weighted by molar-refractivity contribution is 0.0520. The van der Waals surface area contributed by atoms with Gasteiger partial charge in [0.2, 0.25) is 5.69 Å². The fraction of sp³-hybridized carbons (Fsp3) is 0.143. The number of carbonyl (C=O) groups excluding carboxylic acids is 2. The summed E-state index contributed by atoms with van der Waals surface area (Å²) in [7, 11) is 0. The molecule has 0 aliphatic carbocycles. The first-order chi connectivity index (χ1) is 11.2. The van der Waals surface area contributed by atoms with Crippen molar-refractivity contribution < 1.29 is 18.7 Å². The van der Waals surface area contributed by atoms with Crippen LogP contribution in [0.3, 0.4) is 0 Å². The molecular weight excluding hydrogens is 338 g/mol. The third-order valence-electron chi connectivity index (χ3n) is 2.78. The van der Waals surface area contributed by atoms with Crippen LogP contribution in [0.15, 0.2) is 34.1 Å². The minimum atomic E-state index is -0.629. The number of esters is 1. The van der Waals surface area contributed by atoms with Crippen LogP contribution in [-0.4, -0.2) is 28.1 Å². The van der Waals surface area contributed by atoms with Crippen molar-refractivity contribution in [2.45, 2.75) is 6.92 Å². The molecule has 3 aromatic heterocycles. The van der Waals surface area contributed by atoms with Crippen LogP contribution in [0.2, 0.25) is 0 Å². The molecule has 7 nitrogen and oxygen atoms in total. The van der Waals surface area contributed by atoms with Gasteiger partial charge in [-0.25, -0.2) is 4.79 Å². The first kappa shape index (κ1) is 15.4. The molecule has 3 rings (SSSR count). The summed E-state index contributed by atoms with van der Waals surface area (Å²) in [5, 5.41) is 8.39. The zero-order chi connectivity index (χ0) is 16.2. The molecule has 9 heteroatoms. The molecule has 1 amide bonds. The molecule has 3 aromatic rings. The van der Waals surface area contributed by atoms with E-state index >= 15 is 0 Å². The fourth-order valence-electron chi connectivity index (χ4n) is 1.78. The van der Waals surface area contributed by atoms with Crippen molar-refractivity contribution in [3.05, 3.63) is 41.1 Å². The van der Waals surface area contributed by atoms with Gasteiger partial charge in [-0.15, -0.1) is 16.4 Å². The Morgan fingerprint density at radius 2 is 2.22 bits per heavy atom. The highest BCUT2D eigenvalue weighted by Crippen LogP contribution is 2.27. The second-order valence-corrected chi connectivity index (χ2v) is 5.97. The van der Waals surface area contributed by atoms with Gasteiger partial charge in [-0.05, 0) is 30.5 Å². The van der Waals surface area contributed by atoms with Crippen LogP contribution in [0.1, 0.15) is 28.0 Å². The largest absolute Gasteiger partial charge is 0.461 e. The minimum Gasteiger partial charge on any atom is -0.461 e. The standard InChI is InChI=1S/C14H11N3O4S2/c1-2-20-14(19)11-13(23-17-16-11)15-12(18)9-6-5-8(21-9)10-4-3-7-22-10/h3-7H,2H2,1H3,(H,15,18). The Morgan fingerprint density at radius 1 is 1.35 bits per heavy atom. The molecule has 0 fully saturated rings. The molecule has 0 saturated heterocycles. The molecule has 1 N–H and O–H groups in total. The van der Waals surface area contributed by atoms with Crippen molar-refractivity contribution in [2.24, 2.45) is 0 Å². The lowest BCUT2D eigenvalue weighted by Crippen LogP contribution is -2.14. The van der Waals surface area contributed by atoms with E-state index in [0.717, 1.165) is 16.4 Å². The van der Waals surface area contributed by atoms with Crippen molar-refractivity contribution in [1.82, 2.24) is 9.59 Å². The zero-order valence-electron chi connectivity index (χ0n) is 11.9. The Morgan fingerprint density at radius 3 is 2.96 bits per heavy atom. The monoisotopic (exact) mass is 349 g/mol. The van der Waals surface area contributed by atoms with Crippen molar-refractivity contribution in [1.29, 1.82) is 0 Å². The van der Waals surface area contributed by atoms with Crippen LogP contribution in [0.25, 0.3) is 10.6 Å². The van der Waals surface area contributed by atoms with Crippen LogP contribution in [-0.2, 0) is 4.74 Å². The molecule has 0 bridgehead atoms. The number of aromatic nitrogens is 2. The van der Waals surface area contributed by atoms with Gasteiger partial charge in [0.1, 0.15) is 5.76 Å². The summed E-state index contributed by atoms with van der Waals surface area (Å²) in [6, 6.07) is 7.09. The molecular formula is C14H11N3O4S2. The number of amides is 1. The SMILES string of the molecule is CCOC(=O)c1nnsc1NC(=O)c1ccc(-c2cccs2)o1. The first-order valence-electron chi connectivity index (χ1n) is 6.63. The Balaban J connectivity index is 1.75. The van der Waals surface area contributed by atoms with Gasteiger partial charge >= 0.3 is 5.97 Å². The van der Waals surface area contributed by atoms with Gasteiger partial charge in [-0.3, -0.25) is 4.79 Å². The van der Waals surface area contributed by atoms with E-state index in [-0.39, 0.29) is 23.1 Å². The highest BCUT2D eigenvalue weighted by molar-refractivity contribution is 7.13. The molecule has 0 radical (unpaired) electrons. The predicted molar refractivity (Wildman–Crippen MR) is 85.8 cm³/mol. The minimum absolute atomic E-state index is 0.0183. The molecule has 0 aliphatic rings. The van der Waals surface area contributed by atoms with Crippen molar-refractivity contribution in [3.63, 3.8) is 0 Å². The number of thiophene rings is 1. The maximum atomic E-state index is 12.2. The Kier molecular flexibility index (Phi) is 4.49. The number of ether oxygens (including phenoxy) is 1. The third kappa shape index (κ3) is 3.30. The Bertz CT molecular complexity index is 823. The molecule has 0 spiro atoms. The number of carbonyl (C=O) groups is 2. The van der Waals surface area contributed by atoms with Gasteiger partial charge in [0.25, 0.3) is 5.91 Å². The summed E-state index contributed by atoms with van der Waals surface area (Å²) in [4.78, 5) is 24.9. The highest BCUT2D eigenvalue weighted by Gasteiger charge is 2.21. The molecule has 0 atom stereocenters. The number of hydrogen-bond acceptors (Lipinski definition) is 8. The molecule has 0 aliphatic heterocycles. The summed E-state index contributed by atoms with van der Waals surface area (Å²) >= 11 is 2.41. The first-order valence-corrected chi connectivity index (χ1v) is 8.29. The maximum absolute atomic E-state index is 12.2. The van der Waals surface area contributed by atoms with Crippen LogP contribution < -0.4 is 5.32 Å². The van der Waals surface area contributed by atoms with Crippen molar-refractivity contribution in [2.75, 3.05) is 11.9 Å². The van der Waals surface area contributed by atoms with E-state index in [1.165, 1.54) is 11.3 Å². The van der Waals surface area contributed by atoms with E-state index in [4.69, 9.17) is 9.15 Å². The van der Waals surface area contributed by atoms with Gasteiger partial charge in [-0.1, -0.05) is 10.6 Å².